The first-order chi connectivity index (χ1) is 12.4. The van der Waals surface area contributed by atoms with E-state index in [9.17, 15) is 0 Å². The third kappa shape index (κ3) is 3.62. The Morgan fingerprint density at radius 1 is 1.24 bits per heavy atom. The molecular weight excluding hydrogens is 310 g/mol. The van der Waals surface area contributed by atoms with Crippen LogP contribution in [0.2, 0.25) is 0 Å². The van der Waals surface area contributed by atoms with E-state index in [0.29, 0.717) is 12.1 Å². The number of hydrogen-bond acceptors (Lipinski definition) is 3. The molecule has 1 aromatic carbocycles. The molecule has 1 aliphatic carbocycles. The molecule has 0 bridgehead atoms. The third-order valence-electron chi connectivity index (χ3n) is 6.11. The SMILES string of the molecule is CCc1cccc2c(CCNC3CCCC3C3COCCN3)c[nH]c12. The van der Waals surface area contributed by atoms with Gasteiger partial charge in [-0.2, -0.15) is 0 Å². The molecule has 4 rings (SSSR count). The molecule has 3 N–H and O–H groups in total. The Hall–Kier alpha value is -1.36. The van der Waals surface area contributed by atoms with Crippen molar-refractivity contribution < 1.29 is 4.74 Å². The topological polar surface area (TPSA) is 49.1 Å². The van der Waals surface area contributed by atoms with Gasteiger partial charge in [-0.25, -0.2) is 0 Å². The van der Waals surface area contributed by atoms with Gasteiger partial charge in [-0.05, 0) is 49.3 Å². The molecule has 0 radical (unpaired) electrons. The summed E-state index contributed by atoms with van der Waals surface area (Å²) in [6.45, 7) is 6.02. The van der Waals surface area contributed by atoms with Crippen molar-refractivity contribution in [3.63, 3.8) is 0 Å². The number of fused-ring (bicyclic) bond motifs is 1. The third-order valence-corrected chi connectivity index (χ3v) is 6.11. The number of ether oxygens (including phenoxy) is 1. The molecule has 1 saturated heterocycles. The Labute approximate surface area is 150 Å². The smallest absolute Gasteiger partial charge is 0.0623 e. The normalized spacial score (nSPS) is 27.2. The lowest BCUT2D eigenvalue weighted by Crippen LogP contribution is -2.51. The van der Waals surface area contributed by atoms with Crippen molar-refractivity contribution in [2.24, 2.45) is 5.92 Å². The molecule has 3 atom stereocenters. The zero-order valence-electron chi connectivity index (χ0n) is 15.3. The van der Waals surface area contributed by atoms with Crippen molar-refractivity contribution in [2.45, 2.75) is 51.1 Å². The van der Waals surface area contributed by atoms with Crippen LogP contribution in [0, 0.1) is 5.92 Å². The molecule has 4 nitrogen and oxygen atoms in total. The monoisotopic (exact) mass is 341 g/mol. The van der Waals surface area contributed by atoms with Crippen LogP contribution in [-0.4, -0.2) is 43.4 Å². The standard InChI is InChI=1S/C21H31N3O/c1-2-15-5-3-6-17-16(13-24-21(15)17)9-10-22-19-8-4-7-18(19)20-14-25-12-11-23-20/h3,5-6,13,18-20,22-24H,2,4,7-12,14H2,1H3. The van der Waals surface area contributed by atoms with Crippen LogP contribution in [0.4, 0.5) is 0 Å². The van der Waals surface area contributed by atoms with Crippen molar-refractivity contribution in [3.05, 3.63) is 35.5 Å². The number of aromatic nitrogens is 1. The number of hydrogen-bond donors (Lipinski definition) is 3. The largest absolute Gasteiger partial charge is 0.379 e. The Morgan fingerprint density at radius 3 is 3.04 bits per heavy atom. The van der Waals surface area contributed by atoms with Gasteiger partial charge in [0.1, 0.15) is 0 Å². The number of benzene rings is 1. The molecule has 136 valence electrons. The van der Waals surface area contributed by atoms with Gasteiger partial charge in [0.15, 0.2) is 0 Å². The average Bonchev–Trinajstić information content (AvgIpc) is 3.29. The van der Waals surface area contributed by atoms with Gasteiger partial charge in [0.2, 0.25) is 0 Å². The van der Waals surface area contributed by atoms with E-state index < -0.39 is 0 Å². The summed E-state index contributed by atoms with van der Waals surface area (Å²) in [5.74, 6) is 0.718. The van der Waals surface area contributed by atoms with E-state index in [4.69, 9.17) is 4.74 Å². The van der Waals surface area contributed by atoms with Crippen LogP contribution in [0.5, 0.6) is 0 Å². The van der Waals surface area contributed by atoms with Crippen molar-refractivity contribution in [1.82, 2.24) is 15.6 Å². The lowest BCUT2D eigenvalue weighted by molar-refractivity contribution is 0.0526. The summed E-state index contributed by atoms with van der Waals surface area (Å²) >= 11 is 0. The zero-order chi connectivity index (χ0) is 17.1. The maximum atomic E-state index is 5.68. The van der Waals surface area contributed by atoms with E-state index in [1.807, 2.05) is 0 Å². The van der Waals surface area contributed by atoms with E-state index in [-0.39, 0.29) is 0 Å². The lowest BCUT2D eigenvalue weighted by atomic mass is 9.94. The number of nitrogens with one attached hydrogen (secondary N) is 3. The summed E-state index contributed by atoms with van der Waals surface area (Å²) < 4.78 is 5.68. The quantitative estimate of drug-likeness (QED) is 0.757. The molecule has 2 aromatic rings. The average molecular weight is 341 g/mol. The summed E-state index contributed by atoms with van der Waals surface area (Å²) in [5.41, 5.74) is 4.17. The predicted octanol–water partition coefficient (Wildman–Crippen LogP) is 3.02. The first-order valence-electron chi connectivity index (χ1n) is 9.99. The van der Waals surface area contributed by atoms with Gasteiger partial charge in [0, 0.05) is 35.7 Å². The van der Waals surface area contributed by atoms with Crippen LogP contribution in [0.15, 0.2) is 24.4 Å². The molecule has 1 saturated carbocycles. The van der Waals surface area contributed by atoms with Gasteiger partial charge in [-0.15, -0.1) is 0 Å². The molecular formula is C21H31N3O. The van der Waals surface area contributed by atoms with E-state index in [1.54, 1.807) is 0 Å². The molecule has 3 unspecified atom stereocenters. The number of aromatic amines is 1. The molecule has 0 spiro atoms. The van der Waals surface area contributed by atoms with Crippen LogP contribution in [0.1, 0.15) is 37.3 Å². The minimum atomic E-state index is 0.536. The molecule has 0 amide bonds. The summed E-state index contributed by atoms with van der Waals surface area (Å²) in [6, 6.07) is 7.84. The van der Waals surface area contributed by atoms with Crippen molar-refractivity contribution >= 4 is 10.9 Å². The summed E-state index contributed by atoms with van der Waals surface area (Å²) in [6.07, 6.45) is 8.34. The molecule has 2 aliphatic rings. The predicted molar refractivity (Wildman–Crippen MR) is 103 cm³/mol. The highest BCUT2D eigenvalue weighted by molar-refractivity contribution is 5.86. The molecule has 25 heavy (non-hydrogen) atoms. The second-order valence-electron chi connectivity index (χ2n) is 7.55. The fraction of sp³-hybridized carbons (Fsp3) is 0.619. The van der Waals surface area contributed by atoms with Crippen LogP contribution < -0.4 is 10.6 Å². The highest BCUT2D eigenvalue weighted by Crippen LogP contribution is 2.29. The van der Waals surface area contributed by atoms with Gasteiger partial charge in [-0.3, -0.25) is 0 Å². The van der Waals surface area contributed by atoms with Gasteiger partial charge >= 0.3 is 0 Å². The summed E-state index contributed by atoms with van der Waals surface area (Å²) in [4.78, 5) is 3.49. The molecule has 2 heterocycles. The fourth-order valence-corrected chi connectivity index (χ4v) is 4.75. The van der Waals surface area contributed by atoms with Gasteiger partial charge < -0.3 is 20.4 Å². The van der Waals surface area contributed by atoms with Crippen LogP contribution in [-0.2, 0) is 17.6 Å². The lowest BCUT2D eigenvalue weighted by Gasteiger charge is -2.33. The van der Waals surface area contributed by atoms with Crippen molar-refractivity contribution in [1.29, 1.82) is 0 Å². The number of rotatable bonds is 6. The zero-order valence-corrected chi connectivity index (χ0v) is 15.3. The van der Waals surface area contributed by atoms with Crippen LogP contribution in [0.3, 0.4) is 0 Å². The molecule has 4 heteroatoms. The molecule has 1 aliphatic heterocycles. The van der Waals surface area contributed by atoms with E-state index >= 15 is 0 Å². The second-order valence-corrected chi connectivity index (χ2v) is 7.55. The van der Waals surface area contributed by atoms with Gasteiger partial charge in [-0.1, -0.05) is 31.5 Å². The fourth-order valence-electron chi connectivity index (χ4n) is 4.75. The van der Waals surface area contributed by atoms with Crippen molar-refractivity contribution in [2.75, 3.05) is 26.3 Å². The number of morpholine rings is 1. The number of aryl methyl sites for hydroxylation is 1. The van der Waals surface area contributed by atoms with E-state index in [0.717, 1.165) is 45.1 Å². The first-order valence-corrected chi connectivity index (χ1v) is 9.99. The van der Waals surface area contributed by atoms with E-state index in [1.165, 1.54) is 41.3 Å². The van der Waals surface area contributed by atoms with Crippen molar-refractivity contribution in [3.8, 4) is 0 Å². The maximum absolute atomic E-state index is 5.68. The highest BCUT2D eigenvalue weighted by atomic mass is 16.5. The summed E-state index contributed by atoms with van der Waals surface area (Å²) in [7, 11) is 0. The molecule has 1 aromatic heterocycles. The first kappa shape index (κ1) is 17.1. The number of para-hydroxylation sites is 1. The minimum Gasteiger partial charge on any atom is -0.379 e. The van der Waals surface area contributed by atoms with Gasteiger partial charge in [0.05, 0.1) is 13.2 Å². The van der Waals surface area contributed by atoms with E-state index in [2.05, 4.69) is 46.9 Å². The van der Waals surface area contributed by atoms with Crippen LogP contribution >= 0.6 is 0 Å². The Bertz CT molecular complexity index is 690. The number of H-pyrrole nitrogens is 1. The van der Waals surface area contributed by atoms with Gasteiger partial charge in [0.25, 0.3) is 0 Å². The van der Waals surface area contributed by atoms with Crippen LogP contribution in [0.25, 0.3) is 10.9 Å². The maximum Gasteiger partial charge on any atom is 0.0623 e. The summed E-state index contributed by atoms with van der Waals surface area (Å²) in [5, 5.41) is 8.91. The Morgan fingerprint density at radius 2 is 2.20 bits per heavy atom. The minimum absolute atomic E-state index is 0.536. The Balaban J connectivity index is 1.36. The highest BCUT2D eigenvalue weighted by Gasteiger charge is 2.34. The molecule has 2 fully saturated rings. The Kier molecular flexibility index (Phi) is 5.39. The second kappa shape index (κ2) is 7.90.